The molecular formula is C21H19BrN2O4. The van der Waals surface area contributed by atoms with Crippen molar-refractivity contribution in [1.82, 2.24) is 9.80 Å². The van der Waals surface area contributed by atoms with Gasteiger partial charge in [0.2, 0.25) is 18.6 Å². The van der Waals surface area contributed by atoms with Crippen molar-refractivity contribution in [3.63, 3.8) is 0 Å². The van der Waals surface area contributed by atoms with Crippen LogP contribution in [0.5, 0.6) is 11.5 Å². The van der Waals surface area contributed by atoms with Crippen LogP contribution in [0.1, 0.15) is 11.1 Å². The normalized spacial score (nSPS) is 23.5. The first kappa shape index (κ1) is 17.7. The van der Waals surface area contributed by atoms with Gasteiger partial charge in [0.15, 0.2) is 11.5 Å². The van der Waals surface area contributed by atoms with Gasteiger partial charge < -0.3 is 9.47 Å². The third-order valence-corrected chi connectivity index (χ3v) is 6.47. The highest BCUT2D eigenvalue weighted by Gasteiger charge is 2.52. The molecule has 0 N–H and O–H groups in total. The Balaban J connectivity index is 1.28. The van der Waals surface area contributed by atoms with Gasteiger partial charge in [-0.15, -0.1) is 0 Å². The first-order valence-corrected chi connectivity index (χ1v) is 10.1. The summed E-state index contributed by atoms with van der Waals surface area (Å²) in [6.45, 7) is 2.46. The lowest BCUT2D eigenvalue weighted by molar-refractivity contribution is -0.141. The van der Waals surface area contributed by atoms with Crippen LogP contribution in [-0.2, 0) is 22.7 Å². The van der Waals surface area contributed by atoms with Gasteiger partial charge in [-0.2, -0.15) is 0 Å². The third-order valence-electron chi connectivity index (χ3n) is 5.69. The van der Waals surface area contributed by atoms with E-state index in [2.05, 4.69) is 26.9 Å². The van der Waals surface area contributed by atoms with Crippen molar-refractivity contribution in [2.24, 2.45) is 11.8 Å². The molecule has 0 aromatic heterocycles. The molecular weight excluding hydrogens is 424 g/mol. The van der Waals surface area contributed by atoms with Crippen LogP contribution < -0.4 is 9.47 Å². The number of nitrogens with zero attached hydrogens (tertiary/aromatic N) is 2. The number of rotatable bonds is 4. The Morgan fingerprint density at radius 1 is 0.929 bits per heavy atom. The number of fused-ring (bicyclic) bond motifs is 2. The van der Waals surface area contributed by atoms with E-state index >= 15 is 0 Å². The van der Waals surface area contributed by atoms with Crippen LogP contribution in [-0.4, -0.2) is 41.5 Å². The summed E-state index contributed by atoms with van der Waals surface area (Å²) >= 11 is 3.57. The molecule has 0 saturated carbocycles. The quantitative estimate of drug-likeness (QED) is 0.681. The molecule has 2 saturated heterocycles. The summed E-state index contributed by atoms with van der Waals surface area (Å²) in [4.78, 5) is 29.4. The van der Waals surface area contributed by atoms with Gasteiger partial charge in [0.05, 0.1) is 18.4 Å². The lowest BCUT2D eigenvalue weighted by Crippen LogP contribution is -2.35. The van der Waals surface area contributed by atoms with Gasteiger partial charge in [0, 0.05) is 24.1 Å². The van der Waals surface area contributed by atoms with Gasteiger partial charge in [-0.3, -0.25) is 19.4 Å². The van der Waals surface area contributed by atoms with E-state index in [0.29, 0.717) is 24.6 Å². The molecule has 3 aliphatic rings. The number of carbonyl (C=O) groups excluding carboxylic acids is 2. The van der Waals surface area contributed by atoms with Gasteiger partial charge >= 0.3 is 0 Å². The maximum atomic E-state index is 12.9. The second-order valence-electron chi connectivity index (χ2n) is 7.45. The van der Waals surface area contributed by atoms with Crippen LogP contribution in [0, 0.1) is 11.8 Å². The lowest BCUT2D eigenvalue weighted by Gasteiger charge is -2.21. The highest BCUT2D eigenvalue weighted by Crippen LogP contribution is 2.37. The van der Waals surface area contributed by atoms with Crippen LogP contribution in [0.4, 0.5) is 0 Å². The molecule has 2 fully saturated rings. The summed E-state index contributed by atoms with van der Waals surface area (Å²) in [6, 6.07) is 13.6. The van der Waals surface area contributed by atoms with Crippen molar-refractivity contribution >= 4 is 27.7 Å². The van der Waals surface area contributed by atoms with Gasteiger partial charge in [-0.1, -0.05) is 40.2 Å². The van der Waals surface area contributed by atoms with Gasteiger partial charge in [0.25, 0.3) is 0 Å². The van der Waals surface area contributed by atoms with Crippen LogP contribution in [0.15, 0.2) is 46.9 Å². The van der Waals surface area contributed by atoms with Crippen molar-refractivity contribution < 1.29 is 19.1 Å². The Kier molecular flexibility index (Phi) is 4.36. The summed E-state index contributed by atoms with van der Waals surface area (Å²) < 4.78 is 11.8. The first-order valence-electron chi connectivity index (χ1n) is 9.29. The van der Waals surface area contributed by atoms with Crippen LogP contribution >= 0.6 is 15.9 Å². The van der Waals surface area contributed by atoms with Crippen molar-refractivity contribution in [1.29, 1.82) is 0 Å². The Labute approximate surface area is 171 Å². The Hall–Kier alpha value is -2.38. The van der Waals surface area contributed by atoms with Gasteiger partial charge in [-0.05, 0) is 29.3 Å². The maximum absolute atomic E-state index is 12.9. The van der Waals surface area contributed by atoms with E-state index in [1.165, 1.54) is 10.5 Å². The fraction of sp³-hybridized carbons (Fsp3) is 0.333. The standard InChI is InChI=1S/C21H19BrN2O4/c22-17-4-2-1-3-14(17)9-23-10-15-16(11-23)21(26)24(20(15)25)8-13-5-6-18-19(7-13)28-12-27-18/h1-7,15-16H,8-12H2/t15-,16+. The van der Waals surface area contributed by atoms with Crippen LogP contribution in [0.25, 0.3) is 0 Å². The van der Waals surface area contributed by atoms with E-state index < -0.39 is 0 Å². The maximum Gasteiger partial charge on any atom is 0.234 e. The van der Waals surface area contributed by atoms with E-state index in [0.717, 1.165) is 16.6 Å². The van der Waals surface area contributed by atoms with E-state index in [9.17, 15) is 9.59 Å². The summed E-state index contributed by atoms with van der Waals surface area (Å²) in [7, 11) is 0. The van der Waals surface area contributed by atoms with Crippen molar-refractivity contribution in [3.8, 4) is 11.5 Å². The first-order chi connectivity index (χ1) is 13.6. The number of hydrogen-bond acceptors (Lipinski definition) is 5. The minimum Gasteiger partial charge on any atom is -0.454 e. The number of ether oxygens (including phenoxy) is 2. The summed E-state index contributed by atoms with van der Waals surface area (Å²) in [5.41, 5.74) is 2.04. The zero-order chi connectivity index (χ0) is 19.3. The Morgan fingerprint density at radius 2 is 1.64 bits per heavy atom. The molecule has 0 bridgehead atoms. The molecule has 0 radical (unpaired) electrons. The van der Waals surface area contributed by atoms with Crippen molar-refractivity contribution in [2.75, 3.05) is 19.9 Å². The second-order valence-corrected chi connectivity index (χ2v) is 8.30. The molecule has 0 spiro atoms. The minimum atomic E-state index is -0.246. The molecule has 2 atom stereocenters. The average molecular weight is 443 g/mol. The number of benzene rings is 2. The fourth-order valence-electron chi connectivity index (χ4n) is 4.27. The highest BCUT2D eigenvalue weighted by atomic mass is 79.9. The minimum absolute atomic E-state index is 0.0673. The highest BCUT2D eigenvalue weighted by molar-refractivity contribution is 9.10. The number of carbonyl (C=O) groups is 2. The predicted octanol–water partition coefficient (Wildman–Crippen LogP) is 2.79. The topological polar surface area (TPSA) is 59.1 Å². The molecule has 144 valence electrons. The molecule has 0 aliphatic carbocycles. The van der Waals surface area contributed by atoms with Crippen molar-refractivity contribution in [2.45, 2.75) is 13.1 Å². The smallest absolute Gasteiger partial charge is 0.234 e. The molecule has 3 heterocycles. The van der Waals surface area contributed by atoms with Crippen molar-refractivity contribution in [3.05, 3.63) is 58.1 Å². The van der Waals surface area contributed by atoms with E-state index in [4.69, 9.17) is 9.47 Å². The monoisotopic (exact) mass is 442 g/mol. The number of likely N-dealkylation sites (tertiary alicyclic amines) is 2. The zero-order valence-electron chi connectivity index (χ0n) is 15.1. The molecule has 0 unspecified atom stereocenters. The predicted molar refractivity (Wildman–Crippen MR) is 105 cm³/mol. The number of hydrogen-bond donors (Lipinski definition) is 0. The molecule has 2 amide bonds. The Morgan fingerprint density at radius 3 is 2.39 bits per heavy atom. The number of imide groups is 1. The molecule has 28 heavy (non-hydrogen) atoms. The molecule has 6 nitrogen and oxygen atoms in total. The van der Waals surface area contributed by atoms with E-state index in [1.807, 2.05) is 36.4 Å². The molecule has 2 aromatic rings. The molecule has 3 aliphatic heterocycles. The van der Waals surface area contributed by atoms with Gasteiger partial charge in [0.1, 0.15) is 0 Å². The summed E-state index contributed by atoms with van der Waals surface area (Å²) in [6.07, 6.45) is 0. The van der Waals surface area contributed by atoms with E-state index in [-0.39, 0.29) is 37.0 Å². The molecule has 2 aromatic carbocycles. The van der Waals surface area contributed by atoms with Crippen LogP contribution in [0.2, 0.25) is 0 Å². The zero-order valence-corrected chi connectivity index (χ0v) is 16.7. The second kappa shape index (κ2) is 6.90. The largest absolute Gasteiger partial charge is 0.454 e. The molecule has 7 heteroatoms. The Bertz CT molecular complexity index is 939. The average Bonchev–Trinajstić information content (AvgIpc) is 3.37. The summed E-state index contributed by atoms with van der Waals surface area (Å²) in [5.74, 6) is 0.733. The number of halogens is 1. The third kappa shape index (κ3) is 2.99. The van der Waals surface area contributed by atoms with Crippen LogP contribution in [0.3, 0.4) is 0 Å². The number of amides is 2. The van der Waals surface area contributed by atoms with E-state index in [1.54, 1.807) is 0 Å². The lowest BCUT2D eigenvalue weighted by atomic mass is 10.00. The fourth-order valence-corrected chi connectivity index (χ4v) is 4.68. The molecule has 5 rings (SSSR count). The SMILES string of the molecule is O=C1[C@H]2CN(Cc3ccccc3Br)C[C@H]2C(=O)N1Cc1ccc2c(c1)OCO2. The summed E-state index contributed by atoms with van der Waals surface area (Å²) in [5, 5.41) is 0. The van der Waals surface area contributed by atoms with Gasteiger partial charge in [-0.25, -0.2) is 0 Å².